The Morgan fingerprint density at radius 1 is 1.31 bits per heavy atom. The third-order valence-corrected chi connectivity index (χ3v) is 5.42. The molecular formula is C19H33N5OS. The number of carbonyl (C=O) groups is 1. The number of hydrogen-bond acceptors (Lipinski definition) is 4. The quantitative estimate of drug-likeness (QED) is 0.393. The van der Waals surface area contributed by atoms with E-state index >= 15 is 0 Å². The van der Waals surface area contributed by atoms with Crippen LogP contribution >= 0.6 is 11.3 Å². The summed E-state index contributed by atoms with van der Waals surface area (Å²) in [6, 6.07) is 0. The summed E-state index contributed by atoms with van der Waals surface area (Å²) in [6.45, 7) is 8.32. The van der Waals surface area contributed by atoms with Gasteiger partial charge in [-0.25, -0.2) is 4.98 Å². The third kappa shape index (κ3) is 7.72. The summed E-state index contributed by atoms with van der Waals surface area (Å²) in [5.74, 6) is 1.18. The summed E-state index contributed by atoms with van der Waals surface area (Å²) in [5, 5.41) is 9.98. The Balaban J connectivity index is 1.65. The van der Waals surface area contributed by atoms with Crippen molar-refractivity contribution in [3.8, 4) is 0 Å². The van der Waals surface area contributed by atoms with Crippen LogP contribution in [0.25, 0.3) is 0 Å². The van der Waals surface area contributed by atoms with Gasteiger partial charge in [-0.05, 0) is 39.5 Å². The predicted octanol–water partition coefficient (Wildman–Crippen LogP) is 2.73. The zero-order chi connectivity index (χ0) is 18.6. The zero-order valence-corrected chi connectivity index (χ0v) is 17.0. The summed E-state index contributed by atoms with van der Waals surface area (Å²) < 4.78 is 0. The highest BCUT2D eigenvalue weighted by atomic mass is 32.1. The summed E-state index contributed by atoms with van der Waals surface area (Å²) >= 11 is 1.73. The number of guanidine groups is 1. The standard InChI is InChI=1S/C19H33N5OS/c1-3-20-19(21-11-7-9-17-23-16(2)15-26-17)22-12-8-14-24-13-6-4-5-10-18(24)25/h15H,3-14H2,1-2H3,(H2,20,21,22). The molecule has 0 atom stereocenters. The minimum Gasteiger partial charge on any atom is -0.357 e. The monoisotopic (exact) mass is 379 g/mol. The van der Waals surface area contributed by atoms with Crippen LogP contribution in [0.4, 0.5) is 0 Å². The highest BCUT2D eigenvalue weighted by Gasteiger charge is 2.15. The molecule has 1 aromatic rings. The van der Waals surface area contributed by atoms with E-state index in [0.717, 1.165) is 76.5 Å². The fourth-order valence-electron chi connectivity index (χ4n) is 3.03. The molecular weight excluding hydrogens is 346 g/mol. The molecule has 1 aliphatic rings. The lowest BCUT2D eigenvalue weighted by Crippen LogP contribution is -2.38. The van der Waals surface area contributed by atoms with Crippen molar-refractivity contribution in [1.82, 2.24) is 20.5 Å². The first-order valence-corrected chi connectivity index (χ1v) is 10.8. The lowest BCUT2D eigenvalue weighted by molar-refractivity contribution is -0.130. The topological polar surface area (TPSA) is 69.6 Å². The second-order valence-electron chi connectivity index (χ2n) is 6.72. The predicted molar refractivity (Wildman–Crippen MR) is 109 cm³/mol. The normalized spacial score (nSPS) is 15.8. The summed E-state index contributed by atoms with van der Waals surface area (Å²) in [4.78, 5) is 23.1. The van der Waals surface area contributed by atoms with E-state index in [2.05, 4.69) is 32.9 Å². The molecule has 0 spiro atoms. The van der Waals surface area contributed by atoms with E-state index in [1.54, 1.807) is 11.3 Å². The van der Waals surface area contributed by atoms with Crippen LogP contribution in [-0.2, 0) is 11.2 Å². The highest BCUT2D eigenvalue weighted by Crippen LogP contribution is 2.11. The van der Waals surface area contributed by atoms with Crippen molar-refractivity contribution in [1.29, 1.82) is 0 Å². The number of aliphatic imine (C=N–C) groups is 1. The van der Waals surface area contributed by atoms with Crippen molar-refractivity contribution in [3.63, 3.8) is 0 Å². The molecule has 0 radical (unpaired) electrons. The Kier molecular flexibility index (Phi) is 9.45. The van der Waals surface area contributed by atoms with Gasteiger partial charge in [0, 0.05) is 56.6 Å². The van der Waals surface area contributed by atoms with E-state index in [4.69, 9.17) is 0 Å². The van der Waals surface area contributed by atoms with E-state index < -0.39 is 0 Å². The molecule has 0 bridgehead atoms. The minimum absolute atomic E-state index is 0.314. The van der Waals surface area contributed by atoms with Crippen LogP contribution in [0.5, 0.6) is 0 Å². The second-order valence-corrected chi connectivity index (χ2v) is 7.66. The van der Waals surface area contributed by atoms with Gasteiger partial charge in [-0.1, -0.05) is 6.42 Å². The van der Waals surface area contributed by atoms with Crippen LogP contribution in [0, 0.1) is 6.92 Å². The molecule has 1 saturated heterocycles. The van der Waals surface area contributed by atoms with Gasteiger partial charge in [-0.15, -0.1) is 11.3 Å². The summed E-state index contributed by atoms with van der Waals surface area (Å²) in [7, 11) is 0. The Morgan fingerprint density at radius 2 is 2.19 bits per heavy atom. The highest BCUT2D eigenvalue weighted by molar-refractivity contribution is 7.09. The number of amides is 1. The minimum atomic E-state index is 0.314. The Hall–Kier alpha value is -1.63. The Bertz CT molecular complexity index is 572. The van der Waals surface area contributed by atoms with Gasteiger partial charge in [0.2, 0.25) is 5.91 Å². The molecule has 0 saturated carbocycles. The van der Waals surface area contributed by atoms with Crippen LogP contribution in [0.2, 0.25) is 0 Å². The van der Waals surface area contributed by atoms with Gasteiger partial charge in [-0.3, -0.25) is 9.79 Å². The largest absolute Gasteiger partial charge is 0.357 e. The van der Waals surface area contributed by atoms with Crippen LogP contribution in [0.1, 0.15) is 56.2 Å². The van der Waals surface area contributed by atoms with Crippen molar-refractivity contribution < 1.29 is 4.79 Å². The maximum absolute atomic E-state index is 12.0. The Labute approximate surface area is 161 Å². The van der Waals surface area contributed by atoms with E-state index in [-0.39, 0.29) is 0 Å². The Morgan fingerprint density at radius 3 is 2.96 bits per heavy atom. The van der Waals surface area contributed by atoms with Crippen LogP contribution in [-0.4, -0.2) is 54.5 Å². The van der Waals surface area contributed by atoms with Crippen molar-refractivity contribution in [3.05, 3.63) is 16.1 Å². The van der Waals surface area contributed by atoms with Crippen LogP contribution in [0.15, 0.2) is 10.4 Å². The fraction of sp³-hybridized carbons (Fsp3) is 0.737. The van der Waals surface area contributed by atoms with Crippen molar-refractivity contribution >= 4 is 23.2 Å². The molecule has 6 nitrogen and oxygen atoms in total. The molecule has 0 aliphatic carbocycles. The van der Waals surface area contributed by atoms with E-state index in [1.807, 2.05) is 11.8 Å². The molecule has 1 fully saturated rings. The first kappa shape index (κ1) is 20.7. The average molecular weight is 380 g/mol. The van der Waals surface area contributed by atoms with Crippen molar-refractivity contribution in [2.24, 2.45) is 4.99 Å². The van der Waals surface area contributed by atoms with Gasteiger partial charge < -0.3 is 15.5 Å². The molecule has 1 aromatic heterocycles. The number of aromatic nitrogens is 1. The first-order chi connectivity index (χ1) is 12.7. The second kappa shape index (κ2) is 11.9. The maximum Gasteiger partial charge on any atom is 0.222 e. The molecule has 1 aliphatic heterocycles. The number of nitrogens with one attached hydrogen (secondary N) is 2. The van der Waals surface area contributed by atoms with Gasteiger partial charge >= 0.3 is 0 Å². The number of carbonyl (C=O) groups excluding carboxylic acids is 1. The number of hydrogen-bond donors (Lipinski definition) is 2. The molecule has 7 heteroatoms. The lowest BCUT2D eigenvalue weighted by Gasteiger charge is -2.20. The molecule has 2 heterocycles. The molecule has 1 amide bonds. The molecule has 2 N–H and O–H groups in total. The first-order valence-electron chi connectivity index (χ1n) is 9.90. The number of likely N-dealkylation sites (tertiary alicyclic amines) is 1. The maximum atomic E-state index is 12.0. The van der Waals surface area contributed by atoms with Gasteiger partial charge in [0.25, 0.3) is 0 Å². The molecule has 0 unspecified atom stereocenters. The SMILES string of the molecule is CCNC(=NCCCN1CCCCCC1=O)NCCCc1nc(C)cs1. The van der Waals surface area contributed by atoms with Crippen molar-refractivity contribution in [2.45, 2.75) is 58.8 Å². The fourth-order valence-corrected chi connectivity index (χ4v) is 3.85. The van der Waals surface area contributed by atoms with Crippen molar-refractivity contribution in [2.75, 3.05) is 32.7 Å². The smallest absolute Gasteiger partial charge is 0.222 e. The zero-order valence-electron chi connectivity index (χ0n) is 16.2. The molecule has 26 heavy (non-hydrogen) atoms. The molecule has 146 valence electrons. The number of nitrogens with zero attached hydrogens (tertiary/aromatic N) is 3. The average Bonchev–Trinajstić information content (AvgIpc) is 2.93. The van der Waals surface area contributed by atoms with Gasteiger partial charge in [0.05, 0.1) is 5.01 Å². The molecule has 0 aromatic carbocycles. The summed E-state index contributed by atoms with van der Waals surface area (Å²) in [6.07, 6.45) is 7.03. The van der Waals surface area contributed by atoms with Crippen LogP contribution < -0.4 is 10.6 Å². The summed E-state index contributed by atoms with van der Waals surface area (Å²) in [5.41, 5.74) is 1.11. The van der Waals surface area contributed by atoms with E-state index in [1.165, 1.54) is 11.4 Å². The van der Waals surface area contributed by atoms with E-state index in [0.29, 0.717) is 12.3 Å². The van der Waals surface area contributed by atoms with Gasteiger partial charge in [0.15, 0.2) is 5.96 Å². The molecule has 2 rings (SSSR count). The number of aryl methyl sites for hydroxylation is 2. The van der Waals surface area contributed by atoms with Crippen LogP contribution in [0.3, 0.4) is 0 Å². The van der Waals surface area contributed by atoms with Gasteiger partial charge in [0.1, 0.15) is 0 Å². The lowest BCUT2D eigenvalue weighted by atomic mass is 10.2. The van der Waals surface area contributed by atoms with E-state index in [9.17, 15) is 4.79 Å². The number of rotatable bonds is 9. The third-order valence-electron chi connectivity index (χ3n) is 4.40. The van der Waals surface area contributed by atoms with Gasteiger partial charge in [-0.2, -0.15) is 0 Å². The number of thiazole rings is 1.